The van der Waals surface area contributed by atoms with Crippen LogP contribution in [0.1, 0.15) is 0 Å². The molecule has 0 aliphatic carbocycles. The van der Waals surface area contributed by atoms with E-state index in [1.165, 1.54) is 18.2 Å². The molecule has 0 saturated carbocycles. The van der Waals surface area contributed by atoms with Crippen LogP contribution in [0, 0.1) is 22.2 Å². The largest absolute Gasteiger partial charge is 2.00 e. The number of non-ortho nitro benzene ring substituents is 1. The Bertz CT molecular complexity index is 425. The van der Waals surface area contributed by atoms with Crippen molar-refractivity contribution >= 4 is 21.6 Å². The van der Waals surface area contributed by atoms with Gasteiger partial charge in [0.1, 0.15) is 0 Å². The first-order chi connectivity index (χ1) is 7.70. The van der Waals surface area contributed by atoms with Gasteiger partial charge in [-0.05, 0) is 0 Å². The summed E-state index contributed by atoms with van der Waals surface area (Å²) in [5.41, 5.74) is 0.0747. The van der Waals surface area contributed by atoms with Gasteiger partial charge >= 0.3 is 21.1 Å². The fourth-order valence-corrected chi connectivity index (χ4v) is 1.25. The molecule has 0 bridgehead atoms. The molecule has 0 aliphatic heterocycles. The summed E-state index contributed by atoms with van der Waals surface area (Å²) < 4.78 is 0.599. The molecule has 2 rings (SSSR count). The summed E-state index contributed by atoms with van der Waals surface area (Å²) in [4.78, 5) is 9.68. The van der Waals surface area contributed by atoms with E-state index in [4.69, 9.17) is 0 Å². The maximum Gasteiger partial charge on any atom is 2.00 e. The Labute approximate surface area is 122 Å². The van der Waals surface area contributed by atoms with E-state index in [-0.39, 0.29) is 26.8 Å². The molecule has 0 atom stereocenters. The molecule has 0 aliphatic rings. The average Bonchev–Trinajstić information content (AvgIpc) is 2.32. The number of benzene rings is 2. The number of nitro benzene ring substituents is 1. The van der Waals surface area contributed by atoms with Crippen molar-refractivity contribution in [3.8, 4) is 0 Å². The maximum absolute atomic E-state index is 10.1. The van der Waals surface area contributed by atoms with Crippen LogP contribution in [0.2, 0.25) is 0 Å². The van der Waals surface area contributed by atoms with Gasteiger partial charge in [-0.3, -0.25) is 10.1 Å². The first-order valence-corrected chi connectivity index (χ1v) is 5.22. The number of halogens is 1. The van der Waals surface area contributed by atoms with E-state index in [0.717, 1.165) is 0 Å². The first-order valence-electron chi connectivity index (χ1n) is 4.43. The summed E-state index contributed by atoms with van der Waals surface area (Å²) in [6.07, 6.45) is 0. The Balaban J connectivity index is 0.000000316. The molecule has 5 heteroatoms. The summed E-state index contributed by atoms with van der Waals surface area (Å²) in [6, 6.07) is 19.5. The Morgan fingerprint density at radius 2 is 1.82 bits per heavy atom. The van der Waals surface area contributed by atoms with Crippen LogP contribution in [0.3, 0.4) is 0 Å². The Kier molecular flexibility index (Phi) is 8.55. The Morgan fingerprint density at radius 1 is 1.18 bits per heavy atom. The molecule has 86 valence electrons. The van der Waals surface area contributed by atoms with E-state index in [9.17, 15) is 10.1 Å². The standard InChI is InChI=1S/C6H3BrNO2.C6H5.W/c7-5-2-1-3-6(4-5)8(9)10;1-2-4-6-5-3-1;/h1,3-4H;1-5H;/q2*-1;+2. The van der Waals surface area contributed by atoms with Crippen LogP contribution in [0.4, 0.5) is 5.69 Å². The van der Waals surface area contributed by atoms with E-state index in [0.29, 0.717) is 4.47 Å². The Hall–Kier alpha value is -0.992. The third-order valence-electron chi connectivity index (χ3n) is 1.57. The predicted octanol–water partition coefficient (Wildman–Crippen LogP) is 3.64. The predicted molar refractivity (Wildman–Crippen MR) is 64.9 cm³/mol. The molecule has 0 radical (unpaired) electrons. The monoisotopic (exact) mass is 461 g/mol. The molecule has 0 heterocycles. The average molecular weight is 462 g/mol. The van der Waals surface area contributed by atoms with E-state index in [1.54, 1.807) is 0 Å². The summed E-state index contributed by atoms with van der Waals surface area (Å²) in [5.74, 6) is 0. The minimum absolute atomic E-state index is 0. The summed E-state index contributed by atoms with van der Waals surface area (Å²) in [7, 11) is 0. The normalized spacial score (nSPS) is 8.29. The van der Waals surface area contributed by atoms with Gasteiger partial charge in [0.15, 0.2) is 5.69 Å². The SMILES string of the molecule is O=[N+]([O-])c1cc[c-]c(Br)c1.[W+2].[c-]1ccccc1. The summed E-state index contributed by atoms with van der Waals surface area (Å²) in [5, 5.41) is 10.1. The zero-order valence-electron chi connectivity index (χ0n) is 8.67. The first kappa shape index (κ1) is 16.0. The van der Waals surface area contributed by atoms with E-state index in [2.05, 4.69) is 28.1 Å². The van der Waals surface area contributed by atoms with Gasteiger partial charge in [-0.25, -0.2) is 0 Å². The molecule has 17 heavy (non-hydrogen) atoms. The molecule has 0 amide bonds. The fourth-order valence-electron chi connectivity index (χ4n) is 0.882. The van der Waals surface area contributed by atoms with Gasteiger partial charge in [-0.1, -0.05) is 32.5 Å². The van der Waals surface area contributed by atoms with Gasteiger partial charge in [0.05, 0.1) is 0 Å². The topological polar surface area (TPSA) is 43.1 Å². The minimum atomic E-state index is -0.446. The van der Waals surface area contributed by atoms with Crippen molar-refractivity contribution in [1.29, 1.82) is 0 Å². The zero-order valence-corrected chi connectivity index (χ0v) is 13.2. The van der Waals surface area contributed by atoms with Gasteiger partial charge in [-0.2, -0.15) is 48.5 Å². The second-order valence-corrected chi connectivity index (χ2v) is 3.58. The number of hydrogen-bond acceptors (Lipinski definition) is 2. The molecule has 0 aromatic heterocycles. The molecule has 3 nitrogen and oxygen atoms in total. The van der Waals surface area contributed by atoms with Gasteiger partial charge < -0.3 is 0 Å². The summed E-state index contributed by atoms with van der Waals surface area (Å²) in [6.45, 7) is 0. The molecule has 2 aromatic carbocycles. The smallest absolute Gasteiger partial charge is 0.260 e. The third-order valence-corrected chi connectivity index (χ3v) is 2.03. The zero-order chi connectivity index (χ0) is 11.8. The second-order valence-electron chi connectivity index (χ2n) is 2.73. The van der Waals surface area contributed by atoms with E-state index in [1.807, 2.05) is 30.3 Å². The van der Waals surface area contributed by atoms with Gasteiger partial charge in [0.2, 0.25) is 0 Å². The minimum Gasteiger partial charge on any atom is -0.260 e. The molecule has 0 saturated heterocycles. The number of hydrogen-bond donors (Lipinski definition) is 0. The number of nitro groups is 1. The van der Waals surface area contributed by atoms with Crippen molar-refractivity contribution < 1.29 is 26.0 Å². The molecule has 0 unspecified atom stereocenters. The number of rotatable bonds is 1. The quantitative estimate of drug-likeness (QED) is 0.370. The van der Waals surface area contributed by atoms with Gasteiger partial charge in [-0.15, -0.1) is 0 Å². The van der Waals surface area contributed by atoms with Gasteiger partial charge in [0, 0.05) is 4.92 Å². The molecular formula is C12H8BrNO2W. The van der Waals surface area contributed by atoms with Crippen molar-refractivity contribution in [3.05, 3.63) is 75.3 Å². The third kappa shape index (κ3) is 7.03. The molecular weight excluding hydrogens is 454 g/mol. The fraction of sp³-hybridized carbons (Fsp3) is 0. The Morgan fingerprint density at radius 3 is 2.12 bits per heavy atom. The molecule has 0 N–H and O–H groups in total. The van der Waals surface area contributed by atoms with Crippen molar-refractivity contribution in [2.45, 2.75) is 0 Å². The van der Waals surface area contributed by atoms with Crippen molar-refractivity contribution in [3.63, 3.8) is 0 Å². The van der Waals surface area contributed by atoms with Crippen molar-refractivity contribution in [1.82, 2.24) is 0 Å². The second kappa shape index (κ2) is 9.08. The number of nitrogens with zero attached hydrogens (tertiary/aromatic N) is 1. The van der Waals surface area contributed by atoms with Crippen molar-refractivity contribution in [2.24, 2.45) is 0 Å². The van der Waals surface area contributed by atoms with Crippen molar-refractivity contribution in [2.75, 3.05) is 0 Å². The summed E-state index contributed by atoms with van der Waals surface area (Å²) >= 11 is 3.07. The maximum atomic E-state index is 10.1. The van der Waals surface area contributed by atoms with E-state index < -0.39 is 4.92 Å². The van der Waals surface area contributed by atoms with Crippen LogP contribution in [-0.4, -0.2) is 4.92 Å². The van der Waals surface area contributed by atoms with Crippen LogP contribution < -0.4 is 0 Å². The van der Waals surface area contributed by atoms with Crippen LogP contribution in [-0.2, 0) is 21.1 Å². The van der Waals surface area contributed by atoms with Crippen LogP contribution in [0.5, 0.6) is 0 Å². The molecule has 2 aromatic rings. The van der Waals surface area contributed by atoms with E-state index >= 15 is 0 Å². The van der Waals surface area contributed by atoms with Gasteiger partial charge in [0.25, 0.3) is 0 Å². The molecule has 0 fully saturated rings. The van der Waals surface area contributed by atoms with Crippen LogP contribution in [0.15, 0.2) is 53.0 Å². The van der Waals surface area contributed by atoms with Crippen LogP contribution in [0.25, 0.3) is 0 Å². The molecule has 0 spiro atoms. The van der Waals surface area contributed by atoms with Crippen LogP contribution >= 0.6 is 15.9 Å².